The molecule has 0 aromatic carbocycles. The Bertz CT molecular complexity index is 736. The van der Waals surface area contributed by atoms with Crippen molar-refractivity contribution in [3.05, 3.63) is 45.4 Å². The smallest absolute Gasteiger partial charge is 0.255 e. The van der Waals surface area contributed by atoms with Crippen molar-refractivity contribution >= 4 is 23.2 Å². The van der Waals surface area contributed by atoms with E-state index >= 15 is 0 Å². The lowest BCUT2D eigenvalue weighted by Crippen LogP contribution is -2.37. The molecule has 1 aliphatic heterocycles. The molecule has 3 heterocycles. The molecule has 0 saturated carbocycles. The van der Waals surface area contributed by atoms with E-state index in [-0.39, 0.29) is 11.8 Å². The SMILES string of the molecule is Cc1cc(C(=O)N2CCCN(C(=O)CCc3cccs3)CC2)c(C)[nH]1. The summed E-state index contributed by atoms with van der Waals surface area (Å²) in [5.74, 6) is 0.256. The van der Waals surface area contributed by atoms with E-state index in [1.165, 1.54) is 4.88 Å². The Balaban J connectivity index is 1.55. The van der Waals surface area contributed by atoms with Crippen molar-refractivity contribution in [3.8, 4) is 0 Å². The number of H-pyrrole nitrogens is 1. The van der Waals surface area contributed by atoms with E-state index in [0.717, 1.165) is 36.3 Å². The normalized spacial score (nSPS) is 15.3. The van der Waals surface area contributed by atoms with Crippen LogP contribution in [-0.2, 0) is 11.2 Å². The van der Waals surface area contributed by atoms with Crippen LogP contribution in [0.15, 0.2) is 23.6 Å². The molecule has 25 heavy (non-hydrogen) atoms. The maximum atomic E-state index is 12.7. The lowest BCUT2D eigenvalue weighted by atomic mass is 10.2. The van der Waals surface area contributed by atoms with Crippen LogP contribution in [0.1, 0.15) is 39.5 Å². The fourth-order valence-corrected chi connectivity index (χ4v) is 4.04. The van der Waals surface area contributed by atoms with E-state index in [1.54, 1.807) is 11.3 Å². The van der Waals surface area contributed by atoms with E-state index in [1.807, 2.05) is 41.2 Å². The number of aromatic nitrogens is 1. The fraction of sp³-hybridized carbons (Fsp3) is 0.474. The van der Waals surface area contributed by atoms with Gasteiger partial charge in [0.2, 0.25) is 5.91 Å². The van der Waals surface area contributed by atoms with Gasteiger partial charge in [-0.2, -0.15) is 0 Å². The third kappa shape index (κ3) is 4.31. The molecule has 2 aromatic heterocycles. The molecular weight excluding hydrogens is 334 g/mol. The summed E-state index contributed by atoms with van der Waals surface area (Å²) in [6, 6.07) is 6.00. The second kappa shape index (κ2) is 7.87. The summed E-state index contributed by atoms with van der Waals surface area (Å²) < 4.78 is 0. The Labute approximate surface area is 152 Å². The first-order chi connectivity index (χ1) is 12.0. The number of amides is 2. The predicted molar refractivity (Wildman–Crippen MR) is 100 cm³/mol. The number of hydrogen-bond acceptors (Lipinski definition) is 3. The van der Waals surface area contributed by atoms with E-state index in [2.05, 4.69) is 11.1 Å². The molecule has 0 aliphatic carbocycles. The number of carbonyl (C=O) groups is 2. The summed E-state index contributed by atoms with van der Waals surface area (Å²) in [6.45, 7) is 6.55. The number of carbonyl (C=O) groups excluding carboxylic acids is 2. The van der Waals surface area contributed by atoms with Crippen LogP contribution in [0.2, 0.25) is 0 Å². The van der Waals surface area contributed by atoms with Gasteiger partial charge in [-0.25, -0.2) is 0 Å². The summed E-state index contributed by atoms with van der Waals surface area (Å²) in [7, 11) is 0. The van der Waals surface area contributed by atoms with Gasteiger partial charge in [0.1, 0.15) is 0 Å². The molecule has 0 bridgehead atoms. The highest BCUT2D eigenvalue weighted by molar-refractivity contribution is 7.09. The Morgan fingerprint density at radius 3 is 2.60 bits per heavy atom. The van der Waals surface area contributed by atoms with Crippen molar-refractivity contribution in [2.24, 2.45) is 0 Å². The van der Waals surface area contributed by atoms with Crippen molar-refractivity contribution in [1.82, 2.24) is 14.8 Å². The van der Waals surface area contributed by atoms with Crippen molar-refractivity contribution in [2.75, 3.05) is 26.2 Å². The van der Waals surface area contributed by atoms with Crippen LogP contribution in [0.25, 0.3) is 0 Å². The average Bonchev–Trinajstić information content (AvgIpc) is 3.14. The summed E-state index contributed by atoms with van der Waals surface area (Å²) >= 11 is 1.69. The minimum Gasteiger partial charge on any atom is -0.362 e. The molecule has 6 heteroatoms. The Hall–Kier alpha value is -2.08. The summed E-state index contributed by atoms with van der Waals surface area (Å²) in [5, 5.41) is 2.04. The molecule has 0 atom stereocenters. The Morgan fingerprint density at radius 2 is 1.92 bits per heavy atom. The van der Waals surface area contributed by atoms with Crippen LogP contribution in [0.3, 0.4) is 0 Å². The lowest BCUT2D eigenvalue weighted by molar-refractivity contribution is -0.131. The summed E-state index contributed by atoms with van der Waals surface area (Å²) in [6.07, 6.45) is 2.18. The standard InChI is InChI=1S/C19H25N3O2S/c1-14-13-17(15(2)20-14)19(24)22-9-4-8-21(10-11-22)18(23)7-6-16-5-3-12-25-16/h3,5,12-13,20H,4,6-11H2,1-2H3. The summed E-state index contributed by atoms with van der Waals surface area (Å²) in [5.41, 5.74) is 2.66. The third-order valence-corrected chi connectivity index (χ3v) is 5.62. The molecule has 1 saturated heterocycles. The molecular formula is C19H25N3O2S. The maximum absolute atomic E-state index is 12.7. The first kappa shape index (κ1) is 17.7. The quantitative estimate of drug-likeness (QED) is 0.912. The third-order valence-electron chi connectivity index (χ3n) is 4.68. The minimum atomic E-state index is 0.0646. The van der Waals surface area contributed by atoms with Crippen LogP contribution in [0.4, 0.5) is 0 Å². The van der Waals surface area contributed by atoms with Crippen LogP contribution < -0.4 is 0 Å². The molecule has 0 unspecified atom stereocenters. The fourth-order valence-electron chi connectivity index (χ4n) is 3.33. The van der Waals surface area contributed by atoms with Gasteiger partial charge in [-0.05, 0) is 44.2 Å². The largest absolute Gasteiger partial charge is 0.362 e. The molecule has 5 nitrogen and oxygen atoms in total. The van der Waals surface area contributed by atoms with Gasteiger partial charge in [-0.3, -0.25) is 9.59 Å². The van der Waals surface area contributed by atoms with Crippen LogP contribution in [0, 0.1) is 13.8 Å². The van der Waals surface area contributed by atoms with Gasteiger partial charge in [0.25, 0.3) is 5.91 Å². The zero-order chi connectivity index (χ0) is 17.8. The molecule has 2 aromatic rings. The number of aryl methyl sites for hydroxylation is 3. The number of nitrogens with zero attached hydrogens (tertiary/aromatic N) is 2. The highest BCUT2D eigenvalue weighted by Gasteiger charge is 2.24. The summed E-state index contributed by atoms with van der Waals surface area (Å²) in [4.78, 5) is 33.4. The van der Waals surface area contributed by atoms with Crippen LogP contribution in [-0.4, -0.2) is 52.8 Å². The molecule has 2 amide bonds. The van der Waals surface area contributed by atoms with E-state index < -0.39 is 0 Å². The zero-order valence-corrected chi connectivity index (χ0v) is 15.7. The number of aromatic amines is 1. The Kier molecular flexibility index (Phi) is 5.58. The van der Waals surface area contributed by atoms with E-state index in [4.69, 9.17) is 0 Å². The van der Waals surface area contributed by atoms with Crippen molar-refractivity contribution in [3.63, 3.8) is 0 Å². The number of rotatable bonds is 4. The molecule has 1 N–H and O–H groups in total. The highest BCUT2D eigenvalue weighted by atomic mass is 32.1. The predicted octanol–water partition coefficient (Wildman–Crippen LogP) is 3.00. The van der Waals surface area contributed by atoms with Crippen LogP contribution >= 0.6 is 11.3 Å². The molecule has 134 valence electrons. The van der Waals surface area contributed by atoms with E-state index in [0.29, 0.717) is 26.1 Å². The second-order valence-corrected chi connectivity index (χ2v) is 7.63. The maximum Gasteiger partial charge on any atom is 0.255 e. The van der Waals surface area contributed by atoms with Gasteiger partial charge in [0, 0.05) is 48.9 Å². The first-order valence-corrected chi connectivity index (χ1v) is 9.68. The number of nitrogens with one attached hydrogen (secondary N) is 1. The zero-order valence-electron chi connectivity index (χ0n) is 14.9. The number of hydrogen-bond donors (Lipinski definition) is 1. The highest BCUT2D eigenvalue weighted by Crippen LogP contribution is 2.16. The van der Waals surface area contributed by atoms with Gasteiger partial charge < -0.3 is 14.8 Å². The monoisotopic (exact) mass is 359 g/mol. The molecule has 0 spiro atoms. The minimum absolute atomic E-state index is 0.0646. The molecule has 1 fully saturated rings. The van der Waals surface area contributed by atoms with E-state index in [9.17, 15) is 9.59 Å². The lowest BCUT2D eigenvalue weighted by Gasteiger charge is -2.22. The first-order valence-electron chi connectivity index (χ1n) is 8.80. The van der Waals surface area contributed by atoms with Crippen molar-refractivity contribution < 1.29 is 9.59 Å². The van der Waals surface area contributed by atoms with Gasteiger partial charge in [0.15, 0.2) is 0 Å². The average molecular weight is 359 g/mol. The molecule has 1 aliphatic rings. The van der Waals surface area contributed by atoms with Crippen molar-refractivity contribution in [2.45, 2.75) is 33.1 Å². The van der Waals surface area contributed by atoms with Crippen LogP contribution in [0.5, 0.6) is 0 Å². The topological polar surface area (TPSA) is 56.4 Å². The van der Waals surface area contributed by atoms with Gasteiger partial charge in [0.05, 0.1) is 5.56 Å². The molecule has 0 radical (unpaired) electrons. The van der Waals surface area contributed by atoms with Crippen molar-refractivity contribution in [1.29, 1.82) is 0 Å². The van der Waals surface area contributed by atoms with Gasteiger partial charge >= 0.3 is 0 Å². The van der Waals surface area contributed by atoms with Gasteiger partial charge in [-0.1, -0.05) is 6.07 Å². The second-order valence-electron chi connectivity index (χ2n) is 6.60. The van der Waals surface area contributed by atoms with Gasteiger partial charge in [-0.15, -0.1) is 11.3 Å². The number of thiophene rings is 1. The Morgan fingerprint density at radius 1 is 1.16 bits per heavy atom. The molecule has 3 rings (SSSR count).